The van der Waals surface area contributed by atoms with Gasteiger partial charge in [-0.25, -0.2) is 14.4 Å². The fourth-order valence-corrected chi connectivity index (χ4v) is 3.93. The highest BCUT2D eigenvalue weighted by Gasteiger charge is 2.27. The molecule has 0 unspecified atom stereocenters. The molecule has 4 N–H and O–H groups in total. The van der Waals surface area contributed by atoms with Crippen molar-refractivity contribution in [3.05, 3.63) is 46.7 Å². The zero-order valence-corrected chi connectivity index (χ0v) is 19.2. The first-order chi connectivity index (χ1) is 15.1. The fourth-order valence-electron chi connectivity index (χ4n) is 3.75. The van der Waals surface area contributed by atoms with Gasteiger partial charge in [0.05, 0.1) is 16.1 Å². The topological polar surface area (TPSA) is 84.3 Å². The van der Waals surface area contributed by atoms with E-state index in [1.807, 2.05) is 6.07 Å². The molecule has 1 aromatic heterocycles. The van der Waals surface area contributed by atoms with Crippen molar-refractivity contribution in [2.24, 2.45) is 0 Å². The minimum Gasteiger partial charge on any atom is -0.398 e. The summed E-state index contributed by atoms with van der Waals surface area (Å²) in [4.78, 5) is 13.6. The summed E-state index contributed by atoms with van der Waals surface area (Å²) in [6, 6.07) is 7.88. The van der Waals surface area contributed by atoms with Gasteiger partial charge in [-0.2, -0.15) is 0 Å². The van der Waals surface area contributed by atoms with Crippen molar-refractivity contribution < 1.29 is 4.39 Å². The summed E-state index contributed by atoms with van der Waals surface area (Å²) in [6.07, 6.45) is 0. The van der Waals surface area contributed by atoms with E-state index >= 15 is 0 Å². The Hall–Kier alpha value is -2.92. The molecule has 0 saturated carbocycles. The number of anilines is 2. The fraction of sp³-hybridized carbons (Fsp3) is 0.333. The molecule has 0 amide bonds. The Kier molecular flexibility index (Phi) is 5.95. The molecule has 166 valence electrons. The van der Waals surface area contributed by atoms with Crippen LogP contribution in [0.25, 0.3) is 22.3 Å². The van der Waals surface area contributed by atoms with Crippen molar-refractivity contribution in [1.82, 2.24) is 19.8 Å². The van der Waals surface area contributed by atoms with Gasteiger partial charge in [0, 0.05) is 48.4 Å². The molecule has 32 heavy (non-hydrogen) atoms. The number of fused-ring (bicyclic) bond motifs is 1. The number of rotatable bonds is 2. The van der Waals surface area contributed by atoms with Gasteiger partial charge >= 0.3 is 0 Å². The number of nitrogens with zero attached hydrogens (tertiary/aromatic N) is 4. The van der Waals surface area contributed by atoms with Crippen LogP contribution >= 0.6 is 11.6 Å². The van der Waals surface area contributed by atoms with Gasteiger partial charge in [-0.3, -0.25) is 4.90 Å². The van der Waals surface area contributed by atoms with E-state index in [1.165, 1.54) is 12.1 Å². The molecule has 0 radical (unpaired) electrons. The molecule has 4 rings (SSSR count). The molecule has 1 fully saturated rings. The van der Waals surface area contributed by atoms with E-state index in [2.05, 4.69) is 52.5 Å². The molecule has 0 bridgehead atoms. The lowest BCUT2D eigenvalue weighted by Crippen LogP contribution is -2.53. The van der Waals surface area contributed by atoms with Crippen molar-refractivity contribution in [2.45, 2.75) is 19.4 Å². The summed E-state index contributed by atoms with van der Waals surface area (Å²) >= 11 is 5.90. The highest BCUT2D eigenvalue weighted by Crippen LogP contribution is 2.29. The number of hydrogen-bond acceptors (Lipinski definition) is 6. The molecule has 6 nitrogen and oxygen atoms in total. The summed E-state index contributed by atoms with van der Waals surface area (Å²) < 4.78 is 13.5. The number of halogens is 2. The lowest BCUT2D eigenvalue weighted by Gasteiger charge is -2.40. The van der Waals surface area contributed by atoms with E-state index < -0.39 is 5.82 Å². The molecule has 2 aromatic carbocycles. The van der Waals surface area contributed by atoms with Crippen LogP contribution in [-0.2, 0) is 0 Å². The third-order valence-electron chi connectivity index (χ3n) is 5.87. The second kappa shape index (κ2) is 8.55. The van der Waals surface area contributed by atoms with Crippen LogP contribution in [0, 0.1) is 17.7 Å². The Labute approximate surface area is 192 Å². The number of nitrogen functional groups attached to an aromatic ring is 2. The number of likely N-dealkylation sites (N-methyl/N-ethyl adjacent to an activating group) is 1. The van der Waals surface area contributed by atoms with Crippen LogP contribution in [0.5, 0.6) is 0 Å². The van der Waals surface area contributed by atoms with Gasteiger partial charge in [0.15, 0.2) is 5.82 Å². The first-order valence-corrected chi connectivity index (χ1v) is 10.8. The number of nitrogens with two attached hydrogens (primary N) is 2. The van der Waals surface area contributed by atoms with E-state index in [1.54, 1.807) is 12.1 Å². The van der Waals surface area contributed by atoms with E-state index in [4.69, 9.17) is 23.1 Å². The number of benzene rings is 2. The maximum atomic E-state index is 13.5. The molecule has 0 atom stereocenters. The normalized spacial score (nSPS) is 15.5. The molecular weight excluding hydrogens is 427 g/mol. The number of hydrogen-bond donors (Lipinski definition) is 2. The second-order valence-electron chi connectivity index (χ2n) is 8.62. The van der Waals surface area contributed by atoms with Crippen molar-refractivity contribution in [3.8, 4) is 23.2 Å². The van der Waals surface area contributed by atoms with E-state index in [0.29, 0.717) is 39.4 Å². The van der Waals surface area contributed by atoms with Gasteiger partial charge in [-0.05, 0) is 51.2 Å². The summed E-state index contributed by atoms with van der Waals surface area (Å²) in [5, 5.41) is 0.663. The average molecular weight is 453 g/mol. The minimum atomic E-state index is -0.504. The Morgan fingerprint density at radius 3 is 2.47 bits per heavy atom. The molecule has 0 spiro atoms. The predicted octanol–water partition coefficient (Wildman–Crippen LogP) is 3.63. The highest BCUT2D eigenvalue weighted by atomic mass is 35.5. The van der Waals surface area contributed by atoms with E-state index in [-0.39, 0.29) is 10.6 Å². The summed E-state index contributed by atoms with van der Waals surface area (Å²) in [7, 11) is 2.13. The van der Waals surface area contributed by atoms with Gasteiger partial charge in [-0.15, -0.1) is 0 Å². The van der Waals surface area contributed by atoms with Gasteiger partial charge in [0.1, 0.15) is 11.6 Å². The average Bonchev–Trinajstić information content (AvgIpc) is 2.74. The van der Waals surface area contributed by atoms with Crippen LogP contribution in [0.15, 0.2) is 30.3 Å². The third kappa shape index (κ3) is 4.49. The highest BCUT2D eigenvalue weighted by molar-refractivity contribution is 6.31. The Bertz CT molecular complexity index is 1240. The Balaban J connectivity index is 1.68. The van der Waals surface area contributed by atoms with Gasteiger partial charge in [0.2, 0.25) is 0 Å². The minimum absolute atomic E-state index is 0.00197. The number of piperazine rings is 1. The maximum Gasteiger partial charge on any atom is 0.162 e. The SMILES string of the molecule is CN1CCN(C(C)(C)C#Cc2cc3c(N)nc(-c4ccc(F)c(Cl)c4)nc3cc2N)CC1. The van der Waals surface area contributed by atoms with E-state index in [9.17, 15) is 4.39 Å². The van der Waals surface area contributed by atoms with Crippen molar-refractivity contribution >= 4 is 34.0 Å². The lowest BCUT2D eigenvalue weighted by molar-refractivity contribution is 0.0946. The standard InChI is InChI=1S/C24H26ClFN6/c1-24(2,32-10-8-31(3)9-11-32)7-6-15-12-17-21(14-20(15)27)29-23(30-22(17)28)16-4-5-19(26)18(25)13-16/h4-5,12-14H,8-11,27H2,1-3H3,(H2,28,29,30). The first-order valence-electron chi connectivity index (χ1n) is 10.4. The monoisotopic (exact) mass is 452 g/mol. The van der Waals surface area contributed by atoms with Gasteiger partial charge in [-0.1, -0.05) is 23.4 Å². The third-order valence-corrected chi connectivity index (χ3v) is 6.16. The van der Waals surface area contributed by atoms with Crippen LogP contribution in [0.1, 0.15) is 19.4 Å². The molecule has 1 saturated heterocycles. The molecule has 3 aromatic rings. The molecule has 2 heterocycles. The maximum absolute atomic E-state index is 13.5. The Morgan fingerprint density at radius 2 is 1.78 bits per heavy atom. The van der Waals surface area contributed by atoms with Crippen molar-refractivity contribution in [3.63, 3.8) is 0 Å². The van der Waals surface area contributed by atoms with Crippen LogP contribution in [0.3, 0.4) is 0 Å². The largest absolute Gasteiger partial charge is 0.398 e. The zero-order chi connectivity index (χ0) is 23.0. The second-order valence-corrected chi connectivity index (χ2v) is 9.02. The molecule has 8 heteroatoms. The van der Waals surface area contributed by atoms with E-state index in [0.717, 1.165) is 26.2 Å². The van der Waals surface area contributed by atoms with Crippen molar-refractivity contribution in [2.75, 3.05) is 44.7 Å². The predicted molar refractivity (Wildman–Crippen MR) is 129 cm³/mol. The van der Waals surface area contributed by atoms with Crippen molar-refractivity contribution in [1.29, 1.82) is 0 Å². The smallest absolute Gasteiger partial charge is 0.162 e. The summed E-state index contributed by atoms with van der Waals surface area (Å²) in [6.45, 7) is 8.25. The lowest BCUT2D eigenvalue weighted by atomic mass is 10.0. The van der Waals surface area contributed by atoms with Gasteiger partial charge < -0.3 is 16.4 Å². The molecule has 1 aliphatic heterocycles. The summed E-state index contributed by atoms with van der Waals surface area (Å²) in [5.41, 5.74) is 14.6. The van der Waals surface area contributed by atoms with Crippen LogP contribution in [-0.4, -0.2) is 58.5 Å². The van der Waals surface area contributed by atoms with Crippen LogP contribution in [0.4, 0.5) is 15.9 Å². The summed E-state index contributed by atoms with van der Waals surface area (Å²) in [5.74, 6) is 6.77. The van der Waals surface area contributed by atoms with Gasteiger partial charge in [0.25, 0.3) is 0 Å². The quantitative estimate of drug-likeness (QED) is 0.456. The molecule has 0 aliphatic carbocycles. The first kappa shape index (κ1) is 22.3. The van der Waals surface area contributed by atoms with Crippen LogP contribution in [0.2, 0.25) is 5.02 Å². The molecular formula is C24H26ClFN6. The number of aromatic nitrogens is 2. The molecule has 1 aliphatic rings. The Morgan fingerprint density at radius 1 is 1.06 bits per heavy atom. The van der Waals surface area contributed by atoms with Crippen LogP contribution < -0.4 is 11.5 Å². The zero-order valence-electron chi connectivity index (χ0n) is 18.4.